The standard InChI is InChI=1S/C13H19NO2S/c1-10-2-4-11(5-3-10)17-7-6-14-8-12(15)13(16)9-14/h2-5,12-13,15-16H,6-9H2,1H3/t12-,13+. The van der Waals surface area contributed by atoms with Crippen LogP contribution in [0, 0.1) is 6.92 Å². The van der Waals surface area contributed by atoms with Gasteiger partial charge >= 0.3 is 0 Å². The average molecular weight is 253 g/mol. The highest BCUT2D eigenvalue weighted by Gasteiger charge is 2.28. The van der Waals surface area contributed by atoms with E-state index in [1.54, 1.807) is 0 Å². The lowest BCUT2D eigenvalue weighted by Crippen LogP contribution is -2.24. The second kappa shape index (κ2) is 5.87. The van der Waals surface area contributed by atoms with E-state index < -0.39 is 12.2 Å². The number of hydrogen-bond donors (Lipinski definition) is 2. The minimum Gasteiger partial charge on any atom is -0.389 e. The lowest BCUT2D eigenvalue weighted by Gasteiger charge is -2.13. The summed E-state index contributed by atoms with van der Waals surface area (Å²) in [5.74, 6) is 0.989. The van der Waals surface area contributed by atoms with E-state index in [4.69, 9.17) is 0 Å². The number of aliphatic hydroxyl groups is 2. The van der Waals surface area contributed by atoms with Crippen LogP contribution in [0.15, 0.2) is 29.2 Å². The molecule has 1 heterocycles. The van der Waals surface area contributed by atoms with Crippen LogP contribution in [0.1, 0.15) is 5.56 Å². The minimum absolute atomic E-state index is 0.570. The highest BCUT2D eigenvalue weighted by atomic mass is 32.2. The van der Waals surface area contributed by atoms with Crippen LogP contribution in [-0.4, -0.2) is 52.7 Å². The molecule has 2 rings (SSSR count). The van der Waals surface area contributed by atoms with Crippen molar-refractivity contribution in [2.45, 2.75) is 24.0 Å². The summed E-state index contributed by atoms with van der Waals surface area (Å²) in [7, 11) is 0. The summed E-state index contributed by atoms with van der Waals surface area (Å²) in [5.41, 5.74) is 1.28. The van der Waals surface area contributed by atoms with Gasteiger partial charge in [0.05, 0.1) is 12.2 Å². The number of thioether (sulfide) groups is 1. The number of nitrogens with zero attached hydrogens (tertiary/aromatic N) is 1. The van der Waals surface area contributed by atoms with Crippen LogP contribution in [-0.2, 0) is 0 Å². The van der Waals surface area contributed by atoms with Gasteiger partial charge in [0.25, 0.3) is 0 Å². The Morgan fingerprint density at radius 1 is 1.18 bits per heavy atom. The molecule has 94 valence electrons. The number of β-amino-alcohol motifs (C(OH)–C–C–N with tert-alkyl or cyclic N) is 2. The van der Waals surface area contributed by atoms with Crippen molar-refractivity contribution in [3.05, 3.63) is 29.8 Å². The summed E-state index contributed by atoms with van der Waals surface area (Å²) in [5, 5.41) is 18.8. The molecule has 3 nitrogen and oxygen atoms in total. The molecule has 0 unspecified atom stereocenters. The van der Waals surface area contributed by atoms with Gasteiger partial charge in [0, 0.05) is 30.3 Å². The number of aliphatic hydroxyl groups excluding tert-OH is 2. The van der Waals surface area contributed by atoms with E-state index >= 15 is 0 Å². The van der Waals surface area contributed by atoms with Crippen LogP contribution >= 0.6 is 11.8 Å². The van der Waals surface area contributed by atoms with Crippen LogP contribution in [0.2, 0.25) is 0 Å². The van der Waals surface area contributed by atoms with Crippen molar-refractivity contribution in [1.82, 2.24) is 4.90 Å². The largest absolute Gasteiger partial charge is 0.389 e. The molecule has 17 heavy (non-hydrogen) atoms. The summed E-state index contributed by atoms with van der Waals surface area (Å²) in [6.07, 6.45) is -1.14. The number of aryl methyl sites for hydroxylation is 1. The molecule has 1 aromatic carbocycles. The van der Waals surface area contributed by atoms with Gasteiger partial charge in [0.15, 0.2) is 0 Å². The highest BCUT2D eigenvalue weighted by Crippen LogP contribution is 2.19. The quantitative estimate of drug-likeness (QED) is 0.789. The highest BCUT2D eigenvalue weighted by molar-refractivity contribution is 7.99. The third-order valence-corrected chi connectivity index (χ3v) is 4.02. The Morgan fingerprint density at radius 3 is 2.35 bits per heavy atom. The third kappa shape index (κ3) is 3.71. The summed E-state index contributed by atoms with van der Waals surface area (Å²) < 4.78 is 0. The molecule has 0 saturated carbocycles. The lowest BCUT2D eigenvalue weighted by molar-refractivity contribution is 0.0572. The van der Waals surface area contributed by atoms with Crippen molar-refractivity contribution >= 4 is 11.8 Å². The van der Waals surface area contributed by atoms with Gasteiger partial charge in [0.1, 0.15) is 0 Å². The molecule has 2 atom stereocenters. The molecule has 1 aliphatic rings. The SMILES string of the molecule is Cc1ccc(SCCN2C[C@@H](O)[C@@H](O)C2)cc1. The molecule has 0 spiro atoms. The van der Waals surface area contributed by atoms with Gasteiger partial charge in [0.2, 0.25) is 0 Å². The molecular weight excluding hydrogens is 234 g/mol. The van der Waals surface area contributed by atoms with Gasteiger partial charge < -0.3 is 10.2 Å². The van der Waals surface area contributed by atoms with E-state index in [-0.39, 0.29) is 0 Å². The van der Waals surface area contributed by atoms with E-state index in [0.717, 1.165) is 12.3 Å². The van der Waals surface area contributed by atoms with Gasteiger partial charge in [-0.3, -0.25) is 4.90 Å². The molecule has 0 aromatic heterocycles. The van der Waals surface area contributed by atoms with Crippen LogP contribution in [0.25, 0.3) is 0 Å². The fourth-order valence-electron chi connectivity index (χ4n) is 1.96. The Bertz CT molecular complexity index is 345. The zero-order chi connectivity index (χ0) is 12.3. The molecule has 0 bridgehead atoms. The molecule has 2 N–H and O–H groups in total. The molecule has 1 fully saturated rings. The maximum absolute atomic E-state index is 9.42. The second-order valence-corrected chi connectivity index (χ2v) is 5.72. The van der Waals surface area contributed by atoms with Crippen molar-refractivity contribution in [2.24, 2.45) is 0 Å². The number of hydrogen-bond acceptors (Lipinski definition) is 4. The first-order valence-electron chi connectivity index (χ1n) is 5.93. The van der Waals surface area contributed by atoms with Crippen molar-refractivity contribution < 1.29 is 10.2 Å². The Kier molecular flexibility index (Phi) is 4.45. The van der Waals surface area contributed by atoms with E-state index in [1.807, 2.05) is 11.8 Å². The predicted octanol–water partition coefficient (Wildman–Crippen LogP) is 1.12. The topological polar surface area (TPSA) is 43.7 Å². The minimum atomic E-state index is -0.570. The van der Waals surface area contributed by atoms with E-state index in [0.29, 0.717) is 13.1 Å². The Morgan fingerprint density at radius 2 is 1.76 bits per heavy atom. The summed E-state index contributed by atoms with van der Waals surface area (Å²) in [6, 6.07) is 8.50. The zero-order valence-electron chi connectivity index (χ0n) is 10.0. The molecule has 0 amide bonds. The van der Waals surface area contributed by atoms with Gasteiger partial charge in [-0.25, -0.2) is 0 Å². The van der Waals surface area contributed by atoms with E-state index in [2.05, 4.69) is 36.1 Å². The van der Waals surface area contributed by atoms with Crippen LogP contribution in [0.3, 0.4) is 0 Å². The molecular formula is C13H19NO2S. The van der Waals surface area contributed by atoms with E-state index in [1.165, 1.54) is 10.5 Å². The fraction of sp³-hybridized carbons (Fsp3) is 0.538. The maximum Gasteiger partial charge on any atom is 0.0938 e. The number of benzene rings is 1. The number of likely N-dealkylation sites (tertiary alicyclic amines) is 1. The molecule has 1 aromatic rings. The van der Waals surface area contributed by atoms with Crippen LogP contribution in [0.4, 0.5) is 0 Å². The molecule has 0 radical (unpaired) electrons. The van der Waals surface area contributed by atoms with Crippen LogP contribution < -0.4 is 0 Å². The van der Waals surface area contributed by atoms with Gasteiger partial charge in [-0.1, -0.05) is 17.7 Å². The summed E-state index contributed by atoms with van der Waals surface area (Å²) in [6.45, 7) is 4.18. The Balaban J connectivity index is 1.71. The van der Waals surface area contributed by atoms with Crippen molar-refractivity contribution in [3.8, 4) is 0 Å². The maximum atomic E-state index is 9.42. The Hall–Kier alpha value is -0.550. The average Bonchev–Trinajstić information content (AvgIpc) is 2.61. The Labute approximate surface area is 106 Å². The number of rotatable bonds is 4. The first-order valence-corrected chi connectivity index (χ1v) is 6.91. The summed E-state index contributed by atoms with van der Waals surface area (Å²) >= 11 is 1.81. The van der Waals surface area contributed by atoms with Crippen molar-refractivity contribution in [1.29, 1.82) is 0 Å². The van der Waals surface area contributed by atoms with E-state index in [9.17, 15) is 10.2 Å². The normalized spacial score (nSPS) is 25.4. The van der Waals surface area contributed by atoms with Gasteiger partial charge in [-0.2, -0.15) is 0 Å². The predicted molar refractivity (Wildman–Crippen MR) is 70.4 cm³/mol. The van der Waals surface area contributed by atoms with Gasteiger partial charge in [-0.15, -0.1) is 11.8 Å². The zero-order valence-corrected chi connectivity index (χ0v) is 10.9. The summed E-state index contributed by atoms with van der Waals surface area (Å²) in [4.78, 5) is 3.38. The lowest BCUT2D eigenvalue weighted by atomic mass is 10.2. The molecule has 1 aliphatic heterocycles. The smallest absolute Gasteiger partial charge is 0.0938 e. The first kappa shape index (κ1) is 12.9. The fourth-order valence-corrected chi connectivity index (χ4v) is 2.87. The third-order valence-electron chi connectivity index (χ3n) is 3.03. The second-order valence-electron chi connectivity index (χ2n) is 4.56. The van der Waals surface area contributed by atoms with Crippen molar-refractivity contribution in [3.63, 3.8) is 0 Å². The van der Waals surface area contributed by atoms with Crippen LogP contribution in [0.5, 0.6) is 0 Å². The first-order chi connectivity index (χ1) is 8.15. The molecule has 4 heteroatoms. The van der Waals surface area contributed by atoms with Crippen molar-refractivity contribution in [2.75, 3.05) is 25.4 Å². The van der Waals surface area contributed by atoms with Gasteiger partial charge in [-0.05, 0) is 19.1 Å². The monoisotopic (exact) mass is 253 g/mol. The molecule has 0 aliphatic carbocycles. The molecule has 1 saturated heterocycles.